The van der Waals surface area contributed by atoms with Gasteiger partial charge in [-0.1, -0.05) is 98.3 Å². The lowest BCUT2D eigenvalue weighted by Gasteiger charge is -2.44. The Morgan fingerprint density at radius 2 is 1.34 bits per heavy atom. The minimum absolute atomic E-state index is 0.00855. The van der Waals surface area contributed by atoms with Crippen LogP contribution in [0.2, 0.25) is 0 Å². The van der Waals surface area contributed by atoms with E-state index in [9.17, 15) is 54.7 Å². The Morgan fingerprint density at radius 1 is 0.690 bits per heavy atom. The maximum atomic E-state index is 14.0. The van der Waals surface area contributed by atoms with Gasteiger partial charge in [-0.25, -0.2) is 14.2 Å². The zero-order chi connectivity index (χ0) is 71.8. The van der Waals surface area contributed by atoms with Crippen LogP contribution in [-0.2, 0) is 53.6 Å². The third-order valence-corrected chi connectivity index (χ3v) is 19.8. The Balaban J connectivity index is 0.000000235. The van der Waals surface area contributed by atoms with Crippen molar-refractivity contribution >= 4 is 41.1 Å². The summed E-state index contributed by atoms with van der Waals surface area (Å²) >= 11 is 0. The molecule has 5 amide bonds. The SMILES string of the molecule is CCCN(C)C(=O)CO[C@H]1Cc2ccccc2C12CCN(CC[C@@]1(c3ccc(F)cc3)CN(C(=O)c3cc(C(F)(F)F)cc(C(F)(F)F)c3)CO1)CC2.CCN(C)C(=O)c1ccc(N(C)CCCCCC(=O)N(C)CCN2CCC(OC(=O)Nc3ccccc3-c3ccccc3)CC2)cn1. The van der Waals surface area contributed by atoms with Gasteiger partial charge in [0.25, 0.3) is 11.8 Å². The Kier molecular flexibility index (Phi) is 26.0. The molecular weight excluding hydrogens is 1300 g/mol. The fourth-order valence-electron chi connectivity index (χ4n) is 13.7. The number of anilines is 2. The van der Waals surface area contributed by atoms with Gasteiger partial charge in [-0.2, -0.15) is 26.3 Å². The summed E-state index contributed by atoms with van der Waals surface area (Å²) in [6.07, 6.45) is -0.986. The number of carbonyl (C=O) groups excluding carboxylic acids is 5. The number of halogens is 7. The Labute approximate surface area is 581 Å². The number of carbonyl (C=O) groups is 5. The molecular formula is C76H92F7N9O8. The van der Waals surface area contributed by atoms with E-state index in [1.807, 2.05) is 106 Å². The number of hydrogen-bond donors (Lipinski definition) is 1. The van der Waals surface area contributed by atoms with Crippen LogP contribution in [0.5, 0.6) is 0 Å². The standard InChI is InChI=1S/C39H42F7N3O4.C37H50N6O4/c1-3-15-47(2)34(50)23-52-33-21-26-6-4-5-7-32(26)36(33)12-16-48(17-13-36)18-14-37(28-8-10-31(40)11-9-28)24-49(25-53-37)35(51)27-19-29(38(41,42)43)22-30(20-27)39(44,45)46;1-5-40(2)36(45)34-20-19-30(28-38-34)41(3)23-13-7-10-18-35(44)42(4)26-27-43-24-21-31(22-25-43)47-37(46)39-33-17-12-11-16-32(33)29-14-8-6-9-15-29/h4-11,19-20,22,33H,3,12-18,21,23-25H2,1-2H3;6,8-9,11-12,14-17,19-20,28,31H,5,7,10,13,18,21-27H2,1-4H3,(H,39,46)/t33-,37-;/m0./s1. The van der Waals surface area contributed by atoms with Crippen LogP contribution < -0.4 is 10.2 Å². The summed E-state index contributed by atoms with van der Waals surface area (Å²) in [7, 11) is 7.43. The number of pyridine rings is 1. The molecule has 0 unspecified atom stereocenters. The quantitative estimate of drug-likeness (QED) is 0.0427. The summed E-state index contributed by atoms with van der Waals surface area (Å²) < 4.78 is 114. The first-order valence-corrected chi connectivity index (χ1v) is 34.5. The molecule has 6 aromatic rings. The van der Waals surface area contributed by atoms with Crippen LogP contribution in [0.15, 0.2) is 140 Å². The fraction of sp³-hybridized carbons (Fsp3) is 0.474. The number of likely N-dealkylation sites (tertiary alicyclic amines) is 2. The van der Waals surface area contributed by atoms with Crippen molar-refractivity contribution in [2.24, 2.45) is 0 Å². The van der Waals surface area contributed by atoms with E-state index in [4.69, 9.17) is 14.2 Å². The number of piperidine rings is 2. The summed E-state index contributed by atoms with van der Waals surface area (Å²) in [4.78, 5) is 81.3. The minimum atomic E-state index is -5.11. The number of amides is 5. The summed E-state index contributed by atoms with van der Waals surface area (Å²) in [6.45, 7) is 10.5. The second kappa shape index (κ2) is 34.3. The molecule has 4 heterocycles. The van der Waals surface area contributed by atoms with E-state index in [2.05, 4.69) is 37.1 Å². The molecule has 1 aromatic heterocycles. The first kappa shape index (κ1) is 75.7. The molecule has 3 fully saturated rings. The first-order valence-electron chi connectivity index (χ1n) is 34.5. The smallest absolute Gasteiger partial charge is 0.416 e. The van der Waals surface area contributed by atoms with Crippen molar-refractivity contribution in [2.45, 2.75) is 120 Å². The number of benzene rings is 5. The first-order chi connectivity index (χ1) is 47.8. The van der Waals surface area contributed by atoms with Gasteiger partial charge in [0.2, 0.25) is 11.8 Å². The number of aromatic nitrogens is 1. The molecule has 24 heteroatoms. The molecule has 4 aliphatic rings. The second-order valence-corrected chi connectivity index (χ2v) is 26.5. The number of ether oxygens (including phenoxy) is 3. The van der Waals surface area contributed by atoms with Crippen molar-refractivity contribution in [1.29, 1.82) is 0 Å². The van der Waals surface area contributed by atoms with Crippen LogP contribution in [0.25, 0.3) is 11.1 Å². The number of likely N-dealkylation sites (N-methyl/N-ethyl adjacent to an activating group) is 2. The van der Waals surface area contributed by atoms with Gasteiger partial charge < -0.3 is 48.5 Å². The third kappa shape index (κ3) is 19.5. The predicted octanol–water partition coefficient (Wildman–Crippen LogP) is 13.4. The van der Waals surface area contributed by atoms with Crippen molar-refractivity contribution in [3.63, 3.8) is 0 Å². The van der Waals surface area contributed by atoms with Crippen molar-refractivity contribution in [3.8, 4) is 11.1 Å². The Hall–Kier alpha value is -8.45. The molecule has 17 nitrogen and oxygen atoms in total. The molecule has 0 radical (unpaired) electrons. The van der Waals surface area contributed by atoms with E-state index >= 15 is 0 Å². The summed E-state index contributed by atoms with van der Waals surface area (Å²) in [6, 6.07) is 36.0. The van der Waals surface area contributed by atoms with Crippen LogP contribution in [0.4, 0.5) is 46.9 Å². The molecule has 5 aromatic carbocycles. The molecule has 0 bridgehead atoms. The molecule has 3 saturated heterocycles. The van der Waals surface area contributed by atoms with E-state index < -0.39 is 52.5 Å². The van der Waals surface area contributed by atoms with E-state index in [0.29, 0.717) is 81.9 Å². The zero-order valence-electron chi connectivity index (χ0n) is 57.9. The number of alkyl halides is 6. The third-order valence-electron chi connectivity index (χ3n) is 19.8. The number of fused-ring (bicyclic) bond motifs is 2. The highest BCUT2D eigenvalue weighted by Crippen LogP contribution is 2.48. The number of nitrogens with one attached hydrogen (secondary N) is 1. The largest absolute Gasteiger partial charge is 0.446 e. The monoisotopic (exact) mass is 1390 g/mol. The summed E-state index contributed by atoms with van der Waals surface area (Å²) in [5, 5.41) is 2.93. The van der Waals surface area contributed by atoms with E-state index in [1.54, 1.807) is 36.2 Å². The van der Waals surface area contributed by atoms with E-state index in [-0.39, 0.29) is 61.3 Å². The van der Waals surface area contributed by atoms with Crippen molar-refractivity contribution < 1.29 is 68.9 Å². The molecule has 1 spiro atoms. The van der Waals surface area contributed by atoms with Gasteiger partial charge in [0.1, 0.15) is 36.6 Å². The topological polar surface area (TPSA) is 161 Å². The van der Waals surface area contributed by atoms with Gasteiger partial charge in [-0.3, -0.25) is 24.5 Å². The van der Waals surface area contributed by atoms with Crippen LogP contribution in [0.3, 0.4) is 0 Å². The van der Waals surface area contributed by atoms with Crippen LogP contribution in [0.1, 0.15) is 127 Å². The number of para-hydroxylation sites is 1. The van der Waals surface area contributed by atoms with E-state index in [1.165, 1.54) is 35.4 Å². The van der Waals surface area contributed by atoms with Crippen molar-refractivity contribution in [1.82, 2.24) is 34.4 Å². The lowest BCUT2D eigenvalue weighted by Crippen LogP contribution is -2.50. The molecule has 100 heavy (non-hydrogen) atoms. The molecule has 1 aliphatic carbocycles. The summed E-state index contributed by atoms with van der Waals surface area (Å²) in [5.41, 5.74) is 1.66. The molecule has 3 aliphatic heterocycles. The van der Waals surface area contributed by atoms with Gasteiger partial charge in [0.15, 0.2) is 0 Å². The molecule has 2 atom stereocenters. The van der Waals surface area contributed by atoms with Gasteiger partial charge in [-0.15, -0.1) is 0 Å². The van der Waals surface area contributed by atoms with Gasteiger partial charge in [-0.05, 0) is 149 Å². The Bertz CT molecular complexity index is 3670. The average Bonchev–Trinajstić information content (AvgIpc) is 1.57. The van der Waals surface area contributed by atoms with Crippen molar-refractivity contribution in [3.05, 3.63) is 185 Å². The second-order valence-electron chi connectivity index (χ2n) is 26.5. The lowest BCUT2D eigenvalue weighted by molar-refractivity contribution is -0.143. The average molecular weight is 1390 g/mol. The van der Waals surface area contributed by atoms with Gasteiger partial charge in [0, 0.05) is 104 Å². The minimum Gasteiger partial charge on any atom is -0.446 e. The number of hydrogen-bond acceptors (Lipinski definition) is 12. The highest BCUT2D eigenvalue weighted by Gasteiger charge is 2.50. The molecule has 0 saturated carbocycles. The predicted molar refractivity (Wildman–Crippen MR) is 369 cm³/mol. The number of unbranched alkanes of at least 4 members (excludes halogenated alkanes) is 2. The molecule has 1 N–H and O–H groups in total. The lowest BCUT2D eigenvalue weighted by atomic mass is 9.72. The van der Waals surface area contributed by atoms with Crippen LogP contribution in [-0.4, -0.2) is 190 Å². The fourth-order valence-corrected chi connectivity index (χ4v) is 13.7. The highest BCUT2D eigenvalue weighted by atomic mass is 19.4. The maximum absolute atomic E-state index is 14.0. The Morgan fingerprint density at radius 3 is 2.00 bits per heavy atom. The molecule has 538 valence electrons. The van der Waals surface area contributed by atoms with Crippen LogP contribution in [0, 0.1) is 5.82 Å². The normalized spacial score (nSPS) is 17.8. The van der Waals surface area contributed by atoms with Gasteiger partial charge in [0.05, 0.1) is 41.3 Å². The maximum Gasteiger partial charge on any atom is 0.416 e. The number of rotatable bonds is 25. The van der Waals surface area contributed by atoms with Crippen LogP contribution >= 0.6 is 0 Å². The van der Waals surface area contributed by atoms with Gasteiger partial charge >= 0.3 is 18.4 Å². The summed E-state index contributed by atoms with van der Waals surface area (Å²) in [5.74, 6) is -1.53. The number of nitrogens with zero attached hydrogens (tertiary/aromatic N) is 8. The highest BCUT2D eigenvalue weighted by molar-refractivity contribution is 5.95. The van der Waals surface area contributed by atoms with Crippen molar-refractivity contribution in [2.75, 3.05) is 124 Å². The molecule has 10 rings (SSSR count). The van der Waals surface area contributed by atoms with E-state index in [0.717, 1.165) is 105 Å². The zero-order valence-corrected chi connectivity index (χ0v) is 57.9.